The lowest BCUT2D eigenvalue weighted by Crippen LogP contribution is -2.25. The van der Waals surface area contributed by atoms with Gasteiger partial charge in [-0.05, 0) is 69.0 Å². The number of H-pyrrole nitrogens is 1. The van der Waals surface area contributed by atoms with E-state index in [4.69, 9.17) is 4.74 Å². The summed E-state index contributed by atoms with van der Waals surface area (Å²) >= 11 is 0. The lowest BCUT2D eigenvalue weighted by molar-refractivity contribution is 0.0953. The van der Waals surface area contributed by atoms with E-state index in [1.165, 1.54) is 33.3 Å². The van der Waals surface area contributed by atoms with Gasteiger partial charge in [0.2, 0.25) is 0 Å². The normalized spacial score (nSPS) is 10.9. The number of amides is 1. The Kier molecular flexibility index (Phi) is 5.31. The lowest BCUT2D eigenvalue weighted by Gasteiger charge is -2.09. The summed E-state index contributed by atoms with van der Waals surface area (Å²) in [6.45, 7) is 9.47. The maximum atomic E-state index is 12.4. The molecule has 4 heteroatoms. The van der Waals surface area contributed by atoms with E-state index in [1.54, 1.807) is 6.07 Å². The van der Waals surface area contributed by atoms with Gasteiger partial charge in [-0.25, -0.2) is 0 Å². The van der Waals surface area contributed by atoms with E-state index in [-0.39, 0.29) is 5.91 Å². The molecule has 0 radical (unpaired) electrons. The second-order valence-corrected chi connectivity index (χ2v) is 6.64. The Bertz CT molecular complexity index is 941. The van der Waals surface area contributed by atoms with E-state index in [9.17, 15) is 4.79 Å². The fraction of sp³-hybridized carbons (Fsp3) is 0.318. The molecule has 1 aromatic heterocycles. The largest absolute Gasteiger partial charge is 0.494 e. The van der Waals surface area contributed by atoms with Crippen LogP contribution in [0, 0.1) is 20.8 Å². The molecular weight excluding hydrogens is 324 g/mol. The summed E-state index contributed by atoms with van der Waals surface area (Å²) in [6, 6.07) is 11.6. The molecule has 0 unspecified atom stereocenters. The highest BCUT2D eigenvalue weighted by Crippen LogP contribution is 2.28. The van der Waals surface area contributed by atoms with Crippen LogP contribution >= 0.6 is 0 Å². The fourth-order valence-electron chi connectivity index (χ4n) is 3.42. The maximum absolute atomic E-state index is 12.4. The minimum absolute atomic E-state index is 0.0723. The molecule has 0 atom stereocenters. The molecule has 0 bridgehead atoms. The third-order valence-corrected chi connectivity index (χ3v) is 4.76. The van der Waals surface area contributed by atoms with Crippen LogP contribution in [0.4, 0.5) is 0 Å². The van der Waals surface area contributed by atoms with Gasteiger partial charge in [0.1, 0.15) is 5.75 Å². The highest BCUT2D eigenvalue weighted by molar-refractivity contribution is 5.94. The molecule has 0 aliphatic carbocycles. The van der Waals surface area contributed by atoms with Crippen molar-refractivity contribution in [1.29, 1.82) is 0 Å². The third-order valence-electron chi connectivity index (χ3n) is 4.76. The molecule has 3 aromatic rings. The van der Waals surface area contributed by atoms with Gasteiger partial charge in [-0.15, -0.1) is 0 Å². The average Bonchev–Trinajstić information content (AvgIpc) is 2.96. The number of rotatable bonds is 6. The smallest absolute Gasteiger partial charge is 0.251 e. The third kappa shape index (κ3) is 3.59. The van der Waals surface area contributed by atoms with Gasteiger partial charge in [0.25, 0.3) is 5.91 Å². The van der Waals surface area contributed by atoms with Gasteiger partial charge >= 0.3 is 0 Å². The van der Waals surface area contributed by atoms with E-state index in [0.717, 1.165) is 12.2 Å². The maximum Gasteiger partial charge on any atom is 0.251 e. The van der Waals surface area contributed by atoms with Crippen LogP contribution in [0.3, 0.4) is 0 Å². The first-order valence-electron chi connectivity index (χ1n) is 9.09. The molecular formula is C22H26N2O2. The van der Waals surface area contributed by atoms with Gasteiger partial charge in [0, 0.05) is 28.7 Å². The van der Waals surface area contributed by atoms with Gasteiger partial charge in [0.15, 0.2) is 0 Å². The number of aromatic nitrogens is 1. The van der Waals surface area contributed by atoms with Crippen molar-refractivity contribution in [2.45, 2.75) is 34.1 Å². The van der Waals surface area contributed by atoms with Crippen LogP contribution in [0.2, 0.25) is 0 Å². The Balaban J connectivity index is 1.71. The Labute approximate surface area is 154 Å². The number of aryl methyl sites for hydroxylation is 3. The highest BCUT2D eigenvalue weighted by Gasteiger charge is 2.13. The number of carbonyl (C=O) groups excluding carboxylic acids is 1. The van der Waals surface area contributed by atoms with E-state index >= 15 is 0 Å². The molecule has 0 aliphatic rings. The Morgan fingerprint density at radius 2 is 1.88 bits per heavy atom. The number of fused-ring (bicyclic) bond motifs is 1. The van der Waals surface area contributed by atoms with Gasteiger partial charge in [-0.1, -0.05) is 18.2 Å². The van der Waals surface area contributed by atoms with Crippen LogP contribution in [0.5, 0.6) is 5.75 Å². The van der Waals surface area contributed by atoms with Crippen LogP contribution in [0.25, 0.3) is 10.9 Å². The summed E-state index contributed by atoms with van der Waals surface area (Å²) < 4.78 is 5.46. The molecule has 0 saturated carbocycles. The quantitative estimate of drug-likeness (QED) is 0.689. The Hall–Kier alpha value is -2.75. The molecule has 0 saturated heterocycles. The number of hydrogen-bond acceptors (Lipinski definition) is 2. The predicted octanol–water partition coefficient (Wildman–Crippen LogP) is 4.46. The predicted molar refractivity (Wildman–Crippen MR) is 106 cm³/mol. The SMILES string of the molecule is CCOc1cccc(C(=O)NCCc2c(C)[nH]c3c(C)ccc(C)c23)c1. The topological polar surface area (TPSA) is 54.1 Å². The first-order chi connectivity index (χ1) is 12.5. The zero-order valence-corrected chi connectivity index (χ0v) is 15.9. The van der Waals surface area contributed by atoms with Crippen molar-refractivity contribution < 1.29 is 9.53 Å². The van der Waals surface area contributed by atoms with Crippen LogP contribution in [0.1, 0.15) is 39.7 Å². The van der Waals surface area contributed by atoms with Crippen molar-refractivity contribution >= 4 is 16.8 Å². The van der Waals surface area contributed by atoms with Gasteiger partial charge in [0.05, 0.1) is 6.61 Å². The summed E-state index contributed by atoms with van der Waals surface area (Å²) in [5.74, 6) is 0.649. The van der Waals surface area contributed by atoms with E-state index in [0.29, 0.717) is 18.7 Å². The number of benzene rings is 2. The molecule has 0 fully saturated rings. The molecule has 3 rings (SSSR count). The van der Waals surface area contributed by atoms with Crippen LogP contribution in [0.15, 0.2) is 36.4 Å². The van der Waals surface area contributed by atoms with E-state index in [1.807, 2.05) is 25.1 Å². The average molecular weight is 350 g/mol. The van der Waals surface area contributed by atoms with Crippen molar-refractivity contribution in [3.05, 3.63) is 64.3 Å². The standard InChI is InChI=1S/C22H26N2O2/c1-5-26-18-8-6-7-17(13-18)22(25)23-12-11-19-16(4)24-21-15(3)10-9-14(2)20(19)21/h6-10,13,24H,5,11-12H2,1-4H3,(H,23,25). The Morgan fingerprint density at radius 1 is 1.12 bits per heavy atom. The van der Waals surface area contributed by atoms with Gasteiger partial charge < -0.3 is 15.0 Å². The lowest BCUT2D eigenvalue weighted by atomic mass is 10.0. The molecule has 2 N–H and O–H groups in total. The summed E-state index contributed by atoms with van der Waals surface area (Å²) in [5, 5.41) is 4.31. The highest BCUT2D eigenvalue weighted by atomic mass is 16.5. The first kappa shape index (κ1) is 18.1. The minimum Gasteiger partial charge on any atom is -0.494 e. The summed E-state index contributed by atoms with van der Waals surface area (Å²) in [6.07, 6.45) is 0.799. The van der Waals surface area contributed by atoms with E-state index < -0.39 is 0 Å². The van der Waals surface area contributed by atoms with Gasteiger partial charge in [-0.3, -0.25) is 4.79 Å². The molecule has 4 nitrogen and oxygen atoms in total. The zero-order valence-electron chi connectivity index (χ0n) is 15.9. The second kappa shape index (κ2) is 7.65. The van der Waals surface area contributed by atoms with Crippen molar-refractivity contribution in [3.8, 4) is 5.75 Å². The van der Waals surface area contributed by atoms with Crippen molar-refractivity contribution in [3.63, 3.8) is 0 Å². The molecule has 2 aromatic carbocycles. The first-order valence-corrected chi connectivity index (χ1v) is 9.09. The molecule has 0 spiro atoms. The Morgan fingerprint density at radius 3 is 2.65 bits per heavy atom. The van der Waals surface area contributed by atoms with Crippen LogP contribution < -0.4 is 10.1 Å². The number of aromatic amines is 1. The second-order valence-electron chi connectivity index (χ2n) is 6.64. The minimum atomic E-state index is -0.0723. The summed E-state index contributed by atoms with van der Waals surface area (Å²) in [7, 11) is 0. The number of ether oxygens (including phenoxy) is 1. The summed E-state index contributed by atoms with van der Waals surface area (Å²) in [5.41, 5.74) is 6.79. The number of carbonyl (C=O) groups is 1. The van der Waals surface area contributed by atoms with Crippen LogP contribution in [-0.4, -0.2) is 24.0 Å². The monoisotopic (exact) mass is 350 g/mol. The van der Waals surface area contributed by atoms with Crippen molar-refractivity contribution in [2.75, 3.05) is 13.2 Å². The molecule has 1 heterocycles. The molecule has 136 valence electrons. The molecule has 0 aliphatic heterocycles. The number of nitrogens with one attached hydrogen (secondary N) is 2. The molecule has 26 heavy (non-hydrogen) atoms. The molecule has 1 amide bonds. The van der Waals surface area contributed by atoms with E-state index in [2.05, 4.69) is 43.2 Å². The zero-order chi connectivity index (χ0) is 18.7. The van der Waals surface area contributed by atoms with Crippen molar-refractivity contribution in [1.82, 2.24) is 10.3 Å². The van der Waals surface area contributed by atoms with Gasteiger partial charge in [-0.2, -0.15) is 0 Å². The van der Waals surface area contributed by atoms with Crippen LogP contribution in [-0.2, 0) is 6.42 Å². The summed E-state index contributed by atoms with van der Waals surface area (Å²) in [4.78, 5) is 15.9. The van der Waals surface area contributed by atoms with Crippen molar-refractivity contribution in [2.24, 2.45) is 0 Å². The fourth-order valence-corrected chi connectivity index (χ4v) is 3.42. The number of hydrogen-bond donors (Lipinski definition) is 2.